The van der Waals surface area contributed by atoms with Crippen LogP contribution in [0, 0.1) is 41.4 Å². The zero-order chi connectivity index (χ0) is 16.2. The highest BCUT2D eigenvalue weighted by atomic mass is 16.3. The van der Waals surface area contributed by atoms with Crippen LogP contribution in [0.4, 0.5) is 0 Å². The first-order valence-corrected chi connectivity index (χ1v) is 9.17. The van der Waals surface area contributed by atoms with Crippen LogP contribution >= 0.6 is 0 Å². The number of rotatable bonds is 1. The number of hydrogen-bond acceptors (Lipinski definition) is 2. The first kappa shape index (κ1) is 15.2. The molecule has 0 spiro atoms. The number of carbonyl (C=O) groups excluding carboxylic acids is 1. The molecule has 0 aliphatic heterocycles. The molecule has 0 aromatic carbocycles. The van der Waals surface area contributed by atoms with E-state index >= 15 is 0 Å². The third-order valence-electron chi connectivity index (χ3n) is 7.54. The number of fused-ring (bicyclic) bond motifs is 5. The summed E-state index contributed by atoms with van der Waals surface area (Å²) in [6.45, 7) is 2.18. The van der Waals surface area contributed by atoms with E-state index in [0.717, 1.165) is 38.5 Å². The Bertz CT molecular complexity index is 637. The van der Waals surface area contributed by atoms with Crippen molar-refractivity contribution in [3.05, 3.63) is 23.8 Å². The Morgan fingerprint density at radius 1 is 1.30 bits per heavy atom. The number of aliphatic hydroxyl groups is 1. The van der Waals surface area contributed by atoms with Crippen molar-refractivity contribution in [2.45, 2.75) is 57.5 Å². The lowest BCUT2D eigenvalue weighted by Gasteiger charge is -2.55. The van der Waals surface area contributed by atoms with Gasteiger partial charge in [0.05, 0.1) is 0 Å². The second kappa shape index (κ2) is 5.08. The van der Waals surface area contributed by atoms with Crippen molar-refractivity contribution in [3.8, 4) is 12.3 Å². The Kier molecular flexibility index (Phi) is 3.36. The molecule has 4 rings (SSSR count). The summed E-state index contributed by atoms with van der Waals surface area (Å²) < 4.78 is 0. The summed E-state index contributed by atoms with van der Waals surface area (Å²) in [5, 5.41) is 11.0. The summed E-state index contributed by atoms with van der Waals surface area (Å²) in [7, 11) is 0. The molecule has 0 saturated heterocycles. The SMILES string of the molecule is C#C[C@@]1(O)C=C[C@H]2[C@@H]3CCC4=CC(=O)CC[C@@H]4[C@H]3CC[C@@]21CC. The Balaban J connectivity index is 1.69. The summed E-state index contributed by atoms with van der Waals surface area (Å²) in [6, 6.07) is 0. The van der Waals surface area contributed by atoms with Crippen LogP contribution in [0.3, 0.4) is 0 Å². The summed E-state index contributed by atoms with van der Waals surface area (Å²) in [5.74, 6) is 5.28. The van der Waals surface area contributed by atoms with E-state index in [1.54, 1.807) is 0 Å². The normalized spacial score (nSPS) is 48.0. The number of carbonyl (C=O) groups is 1. The molecule has 122 valence electrons. The van der Waals surface area contributed by atoms with Gasteiger partial charge in [0.15, 0.2) is 5.78 Å². The van der Waals surface area contributed by atoms with Gasteiger partial charge in [0.2, 0.25) is 0 Å². The lowest BCUT2D eigenvalue weighted by Crippen LogP contribution is -2.54. The lowest BCUT2D eigenvalue weighted by atomic mass is 9.49. The minimum atomic E-state index is -1.07. The average molecular weight is 310 g/mol. The third kappa shape index (κ3) is 1.89. The fraction of sp³-hybridized carbons (Fsp3) is 0.667. The van der Waals surface area contributed by atoms with Crippen LogP contribution in [-0.4, -0.2) is 16.5 Å². The van der Waals surface area contributed by atoms with Gasteiger partial charge in [-0.25, -0.2) is 0 Å². The predicted octanol–water partition coefficient (Wildman–Crippen LogP) is 3.66. The van der Waals surface area contributed by atoms with Crippen molar-refractivity contribution in [2.75, 3.05) is 0 Å². The minimum absolute atomic E-state index is 0.172. The minimum Gasteiger partial charge on any atom is -0.373 e. The van der Waals surface area contributed by atoms with Crippen LogP contribution < -0.4 is 0 Å². The van der Waals surface area contributed by atoms with Crippen molar-refractivity contribution in [2.24, 2.45) is 29.1 Å². The summed E-state index contributed by atoms with van der Waals surface area (Å²) in [5.41, 5.74) is 0.158. The quantitative estimate of drug-likeness (QED) is 0.593. The van der Waals surface area contributed by atoms with Crippen LogP contribution in [0.2, 0.25) is 0 Å². The molecule has 0 amide bonds. The Morgan fingerprint density at radius 2 is 2.13 bits per heavy atom. The van der Waals surface area contributed by atoms with Gasteiger partial charge in [-0.3, -0.25) is 4.79 Å². The lowest BCUT2D eigenvalue weighted by molar-refractivity contribution is -0.116. The summed E-state index contributed by atoms with van der Waals surface area (Å²) in [4.78, 5) is 11.7. The molecule has 1 N–H and O–H groups in total. The third-order valence-corrected chi connectivity index (χ3v) is 7.54. The van der Waals surface area contributed by atoms with Crippen molar-refractivity contribution < 1.29 is 9.90 Å². The van der Waals surface area contributed by atoms with Gasteiger partial charge >= 0.3 is 0 Å². The highest BCUT2D eigenvalue weighted by Crippen LogP contribution is 2.63. The molecular weight excluding hydrogens is 284 g/mol. The number of ketones is 1. The topological polar surface area (TPSA) is 37.3 Å². The maximum Gasteiger partial charge on any atom is 0.155 e. The molecule has 4 aliphatic rings. The molecule has 2 saturated carbocycles. The number of hydrogen-bond donors (Lipinski definition) is 1. The Morgan fingerprint density at radius 3 is 2.87 bits per heavy atom. The van der Waals surface area contributed by atoms with Crippen molar-refractivity contribution in [1.82, 2.24) is 0 Å². The standard InChI is InChI=1S/C21H26O2/c1-3-20-11-9-17-16-8-6-15(22)13-14(16)5-7-18(17)19(20)10-12-21(20,23)4-2/h2,10,12-13,16-19,23H,3,5-9,11H2,1H3/t16-,17+,18+,19-,20-,21+/m0/s1. The van der Waals surface area contributed by atoms with Crippen LogP contribution in [0.1, 0.15) is 51.9 Å². The first-order valence-electron chi connectivity index (χ1n) is 9.17. The highest BCUT2D eigenvalue weighted by molar-refractivity contribution is 5.91. The van der Waals surface area contributed by atoms with Gasteiger partial charge in [-0.05, 0) is 74.3 Å². The molecule has 0 aromatic heterocycles. The van der Waals surface area contributed by atoms with Crippen LogP contribution in [-0.2, 0) is 4.79 Å². The molecule has 0 aromatic rings. The van der Waals surface area contributed by atoms with Crippen molar-refractivity contribution >= 4 is 5.78 Å². The number of allylic oxidation sites excluding steroid dienone is 3. The Labute approximate surface area is 139 Å². The fourth-order valence-corrected chi connectivity index (χ4v) is 6.38. The van der Waals surface area contributed by atoms with E-state index in [1.165, 1.54) is 5.57 Å². The van der Waals surface area contributed by atoms with Gasteiger partial charge in [-0.15, -0.1) is 6.42 Å². The van der Waals surface area contributed by atoms with E-state index in [0.29, 0.717) is 35.9 Å². The van der Waals surface area contributed by atoms with Crippen molar-refractivity contribution in [1.29, 1.82) is 0 Å². The molecule has 0 bridgehead atoms. The van der Waals surface area contributed by atoms with Gasteiger partial charge in [0, 0.05) is 11.8 Å². The highest BCUT2D eigenvalue weighted by Gasteiger charge is 2.61. The van der Waals surface area contributed by atoms with E-state index in [-0.39, 0.29) is 5.41 Å². The van der Waals surface area contributed by atoms with E-state index in [1.807, 2.05) is 12.2 Å². The molecule has 2 nitrogen and oxygen atoms in total. The maximum atomic E-state index is 11.7. The van der Waals surface area contributed by atoms with Crippen LogP contribution in [0.5, 0.6) is 0 Å². The molecule has 2 heteroatoms. The van der Waals surface area contributed by atoms with Gasteiger partial charge < -0.3 is 5.11 Å². The van der Waals surface area contributed by atoms with Gasteiger partial charge in [0.1, 0.15) is 5.60 Å². The largest absolute Gasteiger partial charge is 0.373 e. The molecular formula is C21H26O2. The van der Waals surface area contributed by atoms with Gasteiger partial charge in [0.25, 0.3) is 0 Å². The second-order valence-corrected chi connectivity index (χ2v) is 8.04. The molecule has 4 aliphatic carbocycles. The molecule has 23 heavy (non-hydrogen) atoms. The van der Waals surface area contributed by atoms with Gasteiger partial charge in [-0.2, -0.15) is 0 Å². The van der Waals surface area contributed by atoms with Gasteiger partial charge in [-0.1, -0.05) is 24.5 Å². The molecule has 0 unspecified atom stereocenters. The summed E-state index contributed by atoms with van der Waals surface area (Å²) >= 11 is 0. The predicted molar refractivity (Wildman–Crippen MR) is 90.4 cm³/mol. The molecule has 0 radical (unpaired) electrons. The average Bonchev–Trinajstić information content (AvgIpc) is 2.88. The van der Waals surface area contributed by atoms with Crippen LogP contribution in [0.15, 0.2) is 23.8 Å². The zero-order valence-corrected chi connectivity index (χ0v) is 13.9. The first-order chi connectivity index (χ1) is 11.0. The monoisotopic (exact) mass is 310 g/mol. The zero-order valence-electron chi connectivity index (χ0n) is 13.9. The second-order valence-electron chi connectivity index (χ2n) is 8.04. The van der Waals surface area contributed by atoms with E-state index in [4.69, 9.17) is 6.42 Å². The molecule has 6 atom stereocenters. The smallest absolute Gasteiger partial charge is 0.155 e. The Hall–Kier alpha value is -1.33. The fourth-order valence-electron chi connectivity index (χ4n) is 6.38. The summed E-state index contributed by atoms with van der Waals surface area (Å²) in [6.07, 6.45) is 18.8. The number of terminal acetylenes is 1. The van der Waals surface area contributed by atoms with Crippen LogP contribution in [0.25, 0.3) is 0 Å². The van der Waals surface area contributed by atoms with E-state index < -0.39 is 5.60 Å². The molecule has 0 heterocycles. The van der Waals surface area contributed by atoms with E-state index in [9.17, 15) is 9.90 Å². The molecule has 2 fully saturated rings. The van der Waals surface area contributed by atoms with E-state index in [2.05, 4.69) is 18.9 Å². The van der Waals surface area contributed by atoms with Crippen molar-refractivity contribution in [3.63, 3.8) is 0 Å². The maximum absolute atomic E-state index is 11.7.